The van der Waals surface area contributed by atoms with Crippen molar-refractivity contribution < 1.29 is 19.3 Å². The molecule has 2 heterocycles. The van der Waals surface area contributed by atoms with Gasteiger partial charge < -0.3 is 15.3 Å². The molecule has 6 nitrogen and oxygen atoms in total. The standard InChI is InChI=1S/C79H109N3O3S2/c1-5-9-13-15-17-19-21-23-24-26-28-30-32-34-48-61-81(59-11-7-3)78-70(65-53-43-37-44-54-65)68(63-49-39-35-40-50-63)76(86-78)72-74(84)73(75(72)85)77-69(64-51-41-36-42-52-64)71(66-55-45-38-46-56-66)79(87-77)82(60-12-8-4)62-58-80-67(83)57-47-33-31-29-27-25-22-20-18-16-14-10-6-2/h35-46,49-56H,5-34,47-48,57-62H2,1-4H3,(H-,80,83,84,85)/p+1. The Balaban J connectivity index is 1.16. The smallest absolute Gasteiger partial charge is 0.248 e. The molecule has 0 unspecified atom stereocenters. The number of aliphatic hydroxyl groups is 1. The third kappa shape index (κ3) is 21.4. The molecule has 1 aliphatic heterocycles. The number of amides is 1. The number of unbranched alkanes of at least 4 members (excludes halogenated alkanes) is 28. The lowest BCUT2D eigenvalue weighted by molar-refractivity contribution is -0.522. The molecule has 2 aliphatic rings. The Morgan fingerprint density at radius 3 is 1.30 bits per heavy atom. The van der Waals surface area contributed by atoms with Crippen LogP contribution in [0.25, 0.3) is 39.0 Å². The average molecular weight is 1210 g/mol. The molecular weight excluding hydrogens is 1100 g/mol. The highest BCUT2D eigenvalue weighted by Crippen LogP contribution is 2.58. The summed E-state index contributed by atoms with van der Waals surface area (Å²) in [5.41, 5.74) is 9.16. The van der Waals surface area contributed by atoms with Gasteiger partial charge in [-0.15, -0.1) is 11.3 Å². The summed E-state index contributed by atoms with van der Waals surface area (Å²) in [5.74, 6) is 0.0642. The van der Waals surface area contributed by atoms with Crippen LogP contribution in [0.15, 0.2) is 138 Å². The fraction of sp³-hybridized carbons (Fsp3) is 0.532. The first-order valence-electron chi connectivity index (χ1n) is 35.1. The number of Topliss-reactive ketones (excluding diaryl/α,β-unsaturated/α-hetero) is 1. The second-order valence-electron chi connectivity index (χ2n) is 24.8. The van der Waals surface area contributed by atoms with Crippen molar-refractivity contribution in [2.75, 3.05) is 37.6 Å². The second-order valence-corrected chi connectivity index (χ2v) is 26.8. The number of carbonyl (C=O) groups excluding carboxylic acids is 2. The number of rotatable bonds is 45. The number of ketones is 1. The van der Waals surface area contributed by atoms with Gasteiger partial charge in [-0.25, -0.2) is 4.58 Å². The van der Waals surface area contributed by atoms with E-state index in [-0.39, 0.29) is 17.4 Å². The third-order valence-corrected chi connectivity index (χ3v) is 20.3. The van der Waals surface area contributed by atoms with Crippen LogP contribution in [0.5, 0.6) is 0 Å². The van der Waals surface area contributed by atoms with Crippen molar-refractivity contribution in [3.63, 3.8) is 0 Å². The van der Waals surface area contributed by atoms with Gasteiger partial charge in [0.25, 0.3) is 0 Å². The van der Waals surface area contributed by atoms with Gasteiger partial charge in [-0.2, -0.15) is 0 Å². The van der Waals surface area contributed by atoms with Crippen LogP contribution >= 0.6 is 23.1 Å². The van der Waals surface area contributed by atoms with E-state index in [0.29, 0.717) is 30.7 Å². The molecule has 87 heavy (non-hydrogen) atoms. The predicted octanol–water partition coefficient (Wildman–Crippen LogP) is 22.8. The first kappa shape index (κ1) is 69.0. The summed E-state index contributed by atoms with van der Waals surface area (Å²) in [5, 5.41) is 18.5. The average Bonchev–Trinajstić information content (AvgIpc) is 1.64. The lowest BCUT2D eigenvalue weighted by Gasteiger charge is -2.25. The molecule has 470 valence electrons. The number of anilines is 1. The van der Waals surface area contributed by atoms with E-state index in [4.69, 9.17) is 0 Å². The molecule has 0 fully saturated rings. The molecule has 7 rings (SSSR count). The Bertz CT molecular complexity index is 2920. The van der Waals surface area contributed by atoms with Crippen LogP contribution in [0.3, 0.4) is 0 Å². The maximum absolute atomic E-state index is 15.7. The van der Waals surface area contributed by atoms with Gasteiger partial charge in [0.1, 0.15) is 17.3 Å². The zero-order valence-electron chi connectivity index (χ0n) is 54.4. The van der Waals surface area contributed by atoms with E-state index >= 15 is 4.79 Å². The van der Waals surface area contributed by atoms with Crippen molar-refractivity contribution in [2.45, 2.75) is 240 Å². The largest absolute Gasteiger partial charge is 0.506 e. The zero-order chi connectivity index (χ0) is 61.1. The number of carbonyl (C=O) groups is 2. The van der Waals surface area contributed by atoms with Crippen LogP contribution < -0.4 is 10.2 Å². The molecule has 1 aromatic heterocycles. The van der Waals surface area contributed by atoms with Gasteiger partial charge in [0.15, 0.2) is 6.54 Å². The van der Waals surface area contributed by atoms with Crippen LogP contribution in [0.4, 0.5) is 5.00 Å². The number of allylic oxidation sites excluding steroid dienone is 3. The zero-order valence-corrected chi connectivity index (χ0v) is 56.0. The molecule has 8 heteroatoms. The van der Waals surface area contributed by atoms with Crippen molar-refractivity contribution >= 4 is 61.6 Å². The Morgan fingerprint density at radius 2 is 0.839 bits per heavy atom. The molecule has 0 saturated heterocycles. The van der Waals surface area contributed by atoms with Gasteiger partial charge in [0.2, 0.25) is 16.7 Å². The van der Waals surface area contributed by atoms with Crippen molar-refractivity contribution in [1.82, 2.24) is 5.32 Å². The summed E-state index contributed by atoms with van der Waals surface area (Å²) < 4.78 is 2.43. The van der Waals surface area contributed by atoms with Crippen LogP contribution in [-0.2, 0) is 9.59 Å². The Morgan fingerprint density at radius 1 is 0.437 bits per heavy atom. The highest BCUT2D eigenvalue weighted by molar-refractivity contribution is 8.19. The first-order valence-corrected chi connectivity index (χ1v) is 36.7. The van der Waals surface area contributed by atoms with Crippen molar-refractivity contribution in [1.29, 1.82) is 0 Å². The predicted molar refractivity (Wildman–Crippen MR) is 379 cm³/mol. The number of thiophene rings is 1. The molecule has 2 N–H and O–H groups in total. The lowest BCUT2D eigenvalue weighted by atomic mass is 9.81. The number of nitrogens with one attached hydrogen (secondary N) is 1. The van der Waals surface area contributed by atoms with Gasteiger partial charge >= 0.3 is 0 Å². The maximum atomic E-state index is 15.7. The van der Waals surface area contributed by atoms with E-state index in [1.165, 1.54) is 166 Å². The summed E-state index contributed by atoms with van der Waals surface area (Å²) in [6.45, 7) is 12.9. The number of aliphatic hydroxyl groups excluding tert-OH is 1. The van der Waals surface area contributed by atoms with E-state index in [1.807, 2.05) is 6.07 Å². The van der Waals surface area contributed by atoms with E-state index < -0.39 is 0 Å². The van der Waals surface area contributed by atoms with Crippen molar-refractivity contribution in [3.8, 4) is 22.3 Å². The summed E-state index contributed by atoms with van der Waals surface area (Å²) in [6.07, 6.45) is 41.4. The maximum Gasteiger partial charge on any atom is 0.248 e. The Hall–Kier alpha value is -5.44. The minimum Gasteiger partial charge on any atom is -0.506 e. The highest BCUT2D eigenvalue weighted by Gasteiger charge is 2.46. The first-order chi connectivity index (χ1) is 42.9. The molecule has 1 aliphatic carbocycles. The van der Waals surface area contributed by atoms with Crippen LogP contribution in [0, 0.1) is 0 Å². The van der Waals surface area contributed by atoms with E-state index in [2.05, 4.69) is 158 Å². The van der Waals surface area contributed by atoms with Gasteiger partial charge in [-0.1, -0.05) is 329 Å². The van der Waals surface area contributed by atoms with Gasteiger partial charge in [0, 0.05) is 47.5 Å². The third-order valence-electron chi connectivity index (χ3n) is 17.8. The van der Waals surface area contributed by atoms with Crippen molar-refractivity contribution in [3.05, 3.63) is 154 Å². The minimum atomic E-state index is -0.121. The normalized spacial score (nSPS) is 14.8. The monoisotopic (exact) mass is 1210 g/mol. The fourth-order valence-electron chi connectivity index (χ4n) is 12.7. The number of benzene rings is 4. The SMILES string of the molecule is CCCCCCCCCCCCCCCCCN(CCCC)c1sc(C2=C(O)/C(=C3/SC(=[N+](CCCC)CCNC(=O)CCCCCCCCCCCCCCC)C(c4ccccc4)=C3c3ccccc3)C2=O)c(-c2ccccc2)c1-c1ccccc1. The number of nitrogens with zero attached hydrogens (tertiary/aromatic N) is 2. The summed E-state index contributed by atoms with van der Waals surface area (Å²) in [7, 11) is 0. The topological polar surface area (TPSA) is 72.7 Å². The Kier molecular flexibility index (Phi) is 31.9. The lowest BCUT2D eigenvalue weighted by Crippen LogP contribution is -2.33. The minimum absolute atomic E-state index is 0.0669. The molecule has 5 aromatic rings. The number of thioether (sulfide) groups is 1. The van der Waals surface area contributed by atoms with Gasteiger partial charge in [-0.05, 0) is 53.3 Å². The van der Waals surface area contributed by atoms with E-state index in [9.17, 15) is 9.90 Å². The highest BCUT2D eigenvalue weighted by atomic mass is 32.2. The van der Waals surface area contributed by atoms with E-state index in [1.54, 1.807) is 23.1 Å². The van der Waals surface area contributed by atoms with Crippen LogP contribution in [-0.4, -0.2) is 59.1 Å². The van der Waals surface area contributed by atoms with Gasteiger partial charge in [0.05, 0.1) is 28.1 Å². The second kappa shape index (κ2) is 40.2. The molecule has 4 aromatic carbocycles. The molecule has 0 radical (unpaired) electrons. The molecule has 0 atom stereocenters. The van der Waals surface area contributed by atoms with Crippen LogP contribution in [0.1, 0.15) is 256 Å². The van der Waals surface area contributed by atoms with Crippen molar-refractivity contribution in [2.24, 2.45) is 0 Å². The fourth-order valence-corrected chi connectivity index (χ4v) is 15.6. The summed E-state index contributed by atoms with van der Waals surface area (Å²) in [6, 6.07) is 42.3. The summed E-state index contributed by atoms with van der Waals surface area (Å²) >= 11 is 3.30. The molecule has 1 amide bonds. The van der Waals surface area contributed by atoms with Gasteiger partial charge in [-0.3, -0.25) is 9.59 Å². The Labute approximate surface area is 535 Å². The van der Waals surface area contributed by atoms with E-state index in [0.717, 1.165) is 124 Å². The molecule has 0 bridgehead atoms. The number of hydrogen-bond acceptors (Lipinski definition) is 6. The number of hydrogen-bond donors (Lipinski definition) is 2. The quantitative estimate of drug-likeness (QED) is 0.0231. The summed E-state index contributed by atoms with van der Waals surface area (Å²) in [4.78, 5) is 33.4. The molecule has 0 spiro atoms. The molecular formula is C79H110N3O3S2+. The van der Waals surface area contributed by atoms with Crippen LogP contribution in [0.2, 0.25) is 0 Å². The molecule has 0 saturated carbocycles.